The van der Waals surface area contributed by atoms with Crippen LogP contribution in [0.2, 0.25) is 0 Å². The molecule has 0 bridgehead atoms. The van der Waals surface area contributed by atoms with Gasteiger partial charge in [0.25, 0.3) is 0 Å². The summed E-state index contributed by atoms with van der Waals surface area (Å²) in [6, 6.07) is 0.222. The first-order valence-corrected chi connectivity index (χ1v) is 5.20. The van der Waals surface area contributed by atoms with Crippen LogP contribution in [-0.2, 0) is 9.59 Å². The van der Waals surface area contributed by atoms with Crippen LogP contribution in [0.4, 0.5) is 0 Å². The Labute approximate surface area is 84.4 Å². The number of hydrogen-bond donors (Lipinski definition) is 2. The van der Waals surface area contributed by atoms with Gasteiger partial charge in [0.15, 0.2) is 0 Å². The summed E-state index contributed by atoms with van der Waals surface area (Å²) in [4.78, 5) is 22.5. The quantitative estimate of drug-likeness (QED) is 0.690. The minimum atomic E-state index is -0.0401. The lowest BCUT2D eigenvalue weighted by Crippen LogP contribution is -2.45. The highest BCUT2D eigenvalue weighted by Gasteiger charge is 2.24. The molecule has 1 saturated heterocycles. The first-order chi connectivity index (χ1) is 6.63. The molecule has 4 heteroatoms. The van der Waals surface area contributed by atoms with Gasteiger partial charge in [-0.25, -0.2) is 0 Å². The van der Waals surface area contributed by atoms with Gasteiger partial charge in [-0.3, -0.25) is 9.59 Å². The maximum Gasteiger partial charge on any atom is 0.225 e. The zero-order valence-corrected chi connectivity index (χ0v) is 8.80. The lowest BCUT2D eigenvalue weighted by Gasteiger charge is -2.23. The van der Waals surface area contributed by atoms with Crippen LogP contribution in [0.5, 0.6) is 0 Å². The SMILES string of the molecule is CCC(C)NC(=O)C1CCC(=O)NC1. The molecule has 0 spiro atoms. The second-order valence-electron chi connectivity index (χ2n) is 3.86. The van der Waals surface area contributed by atoms with Crippen molar-refractivity contribution in [2.24, 2.45) is 5.92 Å². The van der Waals surface area contributed by atoms with Gasteiger partial charge >= 0.3 is 0 Å². The predicted octanol–water partition coefficient (Wildman–Crippen LogP) is 0.427. The predicted molar refractivity (Wildman–Crippen MR) is 53.6 cm³/mol. The molecule has 1 aliphatic heterocycles. The third kappa shape index (κ3) is 3.01. The molecule has 0 radical (unpaired) electrons. The van der Waals surface area contributed by atoms with Gasteiger partial charge in [-0.2, -0.15) is 0 Å². The van der Waals surface area contributed by atoms with Gasteiger partial charge in [0.1, 0.15) is 0 Å². The Morgan fingerprint density at radius 2 is 2.43 bits per heavy atom. The van der Waals surface area contributed by atoms with Crippen molar-refractivity contribution in [2.45, 2.75) is 39.2 Å². The maximum absolute atomic E-state index is 11.6. The molecule has 0 aromatic carbocycles. The number of nitrogens with one attached hydrogen (secondary N) is 2. The number of amides is 2. The standard InChI is InChI=1S/C10H18N2O2/c1-3-7(2)12-10(14)8-4-5-9(13)11-6-8/h7-8H,3-6H2,1-2H3,(H,11,13)(H,12,14). The lowest BCUT2D eigenvalue weighted by molar-refractivity contribution is -0.129. The van der Waals surface area contributed by atoms with Crippen LogP contribution in [0.25, 0.3) is 0 Å². The Bertz CT molecular complexity index is 218. The molecule has 80 valence electrons. The normalized spacial score (nSPS) is 23.9. The first-order valence-electron chi connectivity index (χ1n) is 5.20. The zero-order valence-electron chi connectivity index (χ0n) is 8.80. The van der Waals surface area contributed by atoms with E-state index >= 15 is 0 Å². The summed E-state index contributed by atoms with van der Waals surface area (Å²) in [7, 11) is 0. The van der Waals surface area contributed by atoms with Crippen molar-refractivity contribution in [3.05, 3.63) is 0 Å². The summed E-state index contributed by atoms with van der Waals surface area (Å²) >= 11 is 0. The number of carbonyl (C=O) groups excluding carboxylic acids is 2. The van der Waals surface area contributed by atoms with Crippen molar-refractivity contribution in [2.75, 3.05) is 6.54 Å². The fourth-order valence-electron chi connectivity index (χ4n) is 1.42. The molecule has 2 unspecified atom stereocenters. The van der Waals surface area contributed by atoms with Crippen molar-refractivity contribution in [3.8, 4) is 0 Å². The monoisotopic (exact) mass is 198 g/mol. The number of rotatable bonds is 3. The van der Waals surface area contributed by atoms with Crippen LogP contribution in [-0.4, -0.2) is 24.4 Å². The third-order valence-corrected chi connectivity index (χ3v) is 2.64. The zero-order chi connectivity index (χ0) is 10.6. The Morgan fingerprint density at radius 1 is 1.71 bits per heavy atom. The van der Waals surface area contributed by atoms with Gasteiger partial charge in [0.05, 0.1) is 5.92 Å². The summed E-state index contributed by atoms with van der Waals surface area (Å²) in [5.74, 6) is 0.0821. The Morgan fingerprint density at radius 3 is 2.93 bits per heavy atom. The summed E-state index contributed by atoms with van der Waals surface area (Å²) in [5.41, 5.74) is 0. The molecular weight excluding hydrogens is 180 g/mol. The van der Waals surface area contributed by atoms with E-state index in [0.717, 1.165) is 6.42 Å². The van der Waals surface area contributed by atoms with E-state index < -0.39 is 0 Å². The van der Waals surface area contributed by atoms with E-state index in [-0.39, 0.29) is 23.8 Å². The van der Waals surface area contributed by atoms with Crippen molar-refractivity contribution in [1.82, 2.24) is 10.6 Å². The van der Waals surface area contributed by atoms with Crippen molar-refractivity contribution in [1.29, 1.82) is 0 Å². The topological polar surface area (TPSA) is 58.2 Å². The largest absolute Gasteiger partial charge is 0.355 e. The van der Waals surface area contributed by atoms with E-state index in [4.69, 9.17) is 0 Å². The minimum absolute atomic E-state index is 0.0401. The molecule has 0 aromatic heterocycles. The average Bonchev–Trinajstić information content (AvgIpc) is 2.18. The summed E-state index contributed by atoms with van der Waals surface area (Å²) in [5, 5.41) is 5.63. The van der Waals surface area contributed by atoms with E-state index in [0.29, 0.717) is 19.4 Å². The lowest BCUT2D eigenvalue weighted by atomic mass is 9.98. The smallest absolute Gasteiger partial charge is 0.225 e. The Balaban J connectivity index is 2.34. The molecule has 0 saturated carbocycles. The maximum atomic E-state index is 11.6. The van der Waals surface area contributed by atoms with Crippen LogP contribution in [0.1, 0.15) is 33.1 Å². The minimum Gasteiger partial charge on any atom is -0.355 e. The highest BCUT2D eigenvalue weighted by atomic mass is 16.2. The summed E-state index contributed by atoms with van der Waals surface area (Å²) in [6.07, 6.45) is 2.08. The molecule has 4 nitrogen and oxygen atoms in total. The number of piperidine rings is 1. The van der Waals surface area contributed by atoms with E-state index in [1.165, 1.54) is 0 Å². The molecule has 2 N–H and O–H groups in total. The Hall–Kier alpha value is -1.06. The number of hydrogen-bond acceptors (Lipinski definition) is 2. The van der Waals surface area contributed by atoms with Crippen molar-refractivity contribution >= 4 is 11.8 Å². The number of carbonyl (C=O) groups is 2. The fourth-order valence-corrected chi connectivity index (χ4v) is 1.42. The highest BCUT2D eigenvalue weighted by molar-refractivity contribution is 5.83. The van der Waals surface area contributed by atoms with Crippen molar-refractivity contribution < 1.29 is 9.59 Å². The molecule has 0 aliphatic carbocycles. The second kappa shape index (κ2) is 4.98. The summed E-state index contributed by atoms with van der Waals surface area (Å²) in [6.45, 7) is 4.51. The molecule has 2 atom stereocenters. The summed E-state index contributed by atoms with van der Waals surface area (Å²) < 4.78 is 0. The molecule has 1 heterocycles. The second-order valence-corrected chi connectivity index (χ2v) is 3.86. The molecule has 1 aliphatic rings. The van der Waals surface area contributed by atoms with Crippen LogP contribution in [0, 0.1) is 5.92 Å². The van der Waals surface area contributed by atoms with Crippen LogP contribution >= 0.6 is 0 Å². The van der Waals surface area contributed by atoms with Crippen LogP contribution in [0.15, 0.2) is 0 Å². The van der Waals surface area contributed by atoms with E-state index in [2.05, 4.69) is 10.6 Å². The van der Waals surface area contributed by atoms with Crippen LogP contribution in [0.3, 0.4) is 0 Å². The molecule has 14 heavy (non-hydrogen) atoms. The molecule has 1 fully saturated rings. The first kappa shape index (κ1) is 11.0. The van der Waals surface area contributed by atoms with E-state index in [9.17, 15) is 9.59 Å². The van der Waals surface area contributed by atoms with Gasteiger partial charge in [0, 0.05) is 19.0 Å². The average molecular weight is 198 g/mol. The van der Waals surface area contributed by atoms with E-state index in [1.54, 1.807) is 0 Å². The Kier molecular flexibility index (Phi) is 3.92. The van der Waals surface area contributed by atoms with Crippen molar-refractivity contribution in [3.63, 3.8) is 0 Å². The molecule has 0 aromatic rings. The van der Waals surface area contributed by atoms with E-state index in [1.807, 2.05) is 13.8 Å². The molecule has 1 rings (SSSR count). The van der Waals surface area contributed by atoms with Gasteiger partial charge in [0.2, 0.25) is 11.8 Å². The van der Waals surface area contributed by atoms with Gasteiger partial charge in [-0.15, -0.1) is 0 Å². The fraction of sp³-hybridized carbons (Fsp3) is 0.800. The molecule has 2 amide bonds. The van der Waals surface area contributed by atoms with Crippen LogP contribution < -0.4 is 10.6 Å². The van der Waals surface area contributed by atoms with Gasteiger partial charge in [-0.1, -0.05) is 6.92 Å². The molecular formula is C10H18N2O2. The van der Waals surface area contributed by atoms with Gasteiger partial charge < -0.3 is 10.6 Å². The highest BCUT2D eigenvalue weighted by Crippen LogP contribution is 2.11. The third-order valence-electron chi connectivity index (χ3n) is 2.64. The van der Waals surface area contributed by atoms with Gasteiger partial charge in [-0.05, 0) is 19.8 Å².